The number of rotatable bonds is 5. The van der Waals surface area contributed by atoms with Gasteiger partial charge >= 0.3 is 5.97 Å². The van der Waals surface area contributed by atoms with E-state index in [1.54, 1.807) is 4.90 Å². The highest BCUT2D eigenvalue weighted by Gasteiger charge is 2.29. The zero-order valence-corrected chi connectivity index (χ0v) is 13.1. The average molecular weight is 332 g/mol. The van der Waals surface area contributed by atoms with Crippen LogP contribution >= 0.6 is 11.6 Å². The van der Waals surface area contributed by atoms with E-state index in [0.29, 0.717) is 18.0 Å². The zero-order valence-electron chi connectivity index (χ0n) is 11.5. The number of piperidine rings is 1. The molecule has 116 valence electrons. The van der Waals surface area contributed by atoms with Crippen molar-refractivity contribution in [3.05, 3.63) is 29.3 Å². The maximum absolute atomic E-state index is 12.2. The predicted molar refractivity (Wildman–Crippen MR) is 80.4 cm³/mol. The van der Waals surface area contributed by atoms with Gasteiger partial charge in [0.15, 0.2) is 9.84 Å². The topological polar surface area (TPSA) is 74.7 Å². The van der Waals surface area contributed by atoms with Crippen molar-refractivity contribution in [2.45, 2.75) is 30.2 Å². The molecule has 1 heterocycles. The summed E-state index contributed by atoms with van der Waals surface area (Å²) in [5, 5.41) is 9.66. The quantitative estimate of drug-likeness (QED) is 0.893. The molecule has 1 N–H and O–H groups in total. The minimum atomic E-state index is -3.42. The van der Waals surface area contributed by atoms with Gasteiger partial charge in [-0.1, -0.05) is 18.0 Å². The van der Waals surface area contributed by atoms with Gasteiger partial charge in [-0.2, -0.15) is 0 Å². The molecule has 0 aromatic heterocycles. The summed E-state index contributed by atoms with van der Waals surface area (Å²) in [4.78, 5) is 13.2. The number of likely N-dealkylation sites (tertiary alicyclic amines) is 1. The molecule has 0 saturated carbocycles. The molecule has 1 aliphatic heterocycles. The van der Waals surface area contributed by atoms with E-state index in [4.69, 9.17) is 11.6 Å². The van der Waals surface area contributed by atoms with Gasteiger partial charge in [-0.15, -0.1) is 0 Å². The largest absolute Gasteiger partial charge is 0.480 e. The smallest absolute Gasteiger partial charge is 0.320 e. The first-order chi connectivity index (χ1) is 9.90. The number of sulfone groups is 1. The molecule has 1 atom stereocenters. The Labute approximate surface area is 129 Å². The van der Waals surface area contributed by atoms with Crippen LogP contribution in [0.5, 0.6) is 0 Å². The molecule has 7 heteroatoms. The van der Waals surface area contributed by atoms with E-state index in [-0.39, 0.29) is 17.2 Å². The van der Waals surface area contributed by atoms with Crippen LogP contribution in [0, 0.1) is 0 Å². The fourth-order valence-electron chi connectivity index (χ4n) is 2.54. The standard InChI is InChI=1S/C14H18ClNO4S/c15-11-4-6-12(7-5-11)21(19,20)10-9-16-8-2-1-3-13(16)14(17)18/h4-7,13H,1-3,8-10H2,(H,17,18). The number of carboxylic acid groups (broad SMARTS) is 1. The van der Waals surface area contributed by atoms with Crippen LogP contribution < -0.4 is 0 Å². The van der Waals surface area contributed by atoms with Gasteiger partial charge in [0.05, 0.1) is 10.6 Å². The molecule has 1 fully saturated rings. The molecule has 0 spiro atoms. The summed E-state index contributed by atoms with van der Waals surface area (Å²) in [5.74, 6) is -0.961. The molecule has 0 radical (unpaired) electrons. The predicted octanol–water partition coefficient (Wildman–Crippen LogP) is 2.05. The van der Waals surface area contributed by atoms with Gasteiger partial charge in [0.1, 0.15) is 6.04 Å². The minimum absolute atomic E-state index is 0.0849. The van der Waals surface area contributed by atoms with Crippen molar-refractivity contribution in [2.24, 2.45) is 0 Å². The highest BCUT2D eigenvalue weighted by atomic mass is 35.5. The van der Waals surface area contributed by atoms with Crippen LogP contribution in [-0.4, -0.2) is 49.3 Å². The molecular formula is C14H18ClNO4S. The number of halogens is 1. The third-order valence-corrected chi connectivity index (χ3v) is 5.68. The summed E-state index contributed by atoms with van der Waals surface area (Å²) in [6.07, 6.45) is 2.36. The van der Waals surface area contributed by atoms with Gasteiger partial charge in [0.2, 0.25) is 0 Å². The highest BCUT2D eigenvalue weighted by Crippen LogP contribution is 2.19. The van der Waals surface area contributed by atoms with Crippen LogP contribution in [0.1, 0.15) is 19.3 Å². The Morgan fingerprint density at radius 2 is 1.95 bits per heavy atom. The van der Waals surface area contributed by atoms with Crippen LogP contribution in [0.25, 0.3) is 0 Å². The van der Waals surface area contributed by atoms with Crippen LogP contribution in [0.4, 0.5) is 0 Å². The molecule has 0 amide bonds. The first-order valence-corrected chi connectivity index (χ1v) is 8.88. The second-order valence-corrected chi connectivity index (χ2v) is 7.70. The molecule has 5 nitrogen and oxygen atoms in total. The lowest BCUT2D eigenvalue weighted by Crippen LogP contribution is -2.46. The summed E-state index contributed by atoms with van der Waals surface area (Å²) in [7, 11) is -3.42. The van der Waals surface area contributed by atoms with Crippen LogP contribution in [-0.2, 0) is 14.6 Å². The number of aliphatic carboxylic acids is 1. The lowest BCUT2D eigenvalue weighted by atomic mass is 10.0. The Morgan fingerprint density at radius 3 is 2.57 bits per heavy atom. The summed E-state index contributed by atoms with van der Waals surface area (Å²) >= 11 is 5.75. The fraction of sp³-hybridized carbons (Fsp3) is 0.500. The summed E-state index contributed by atoms with van der Waals surface area (Å²) < 4.78 is 24.5. The van der Waals surface area contributed by atoms with Gasteiger partial charge in [-0.3, -0.25) is 9.69 Å². The third kappa shape index (κ3) is 4.18. The Morgan fingerprint density at radius 1 is 1.29 bits per heavy atom. The van der Waals surface area contributed by atoms with E-state index >= 15 is 0 Å². The lowest BCUT2D eigenvalue weighted by molar-refractivity contribution is -0.144. The number of carboxylic acids is 1. The number of hydrogen-bond donors (Lipinski definition) is 1. The van der Waals surface area contributed by atoms with Crippen LogP contribution in [0.3, 0.4) is 0 Å². The van der Waals surface area contributed by atoms with Crippen molar-refractivity contribution >= 4 is 27.4 Å². The zero-order chi connectivity index (χ0) is 15.5. The Kier molecular flexibility index (Phi) is 5.24. The van der Waals surface area contributed by atoms with E-state index in [0.717, 1.165) is 12.8 Å². The van der Waals surface area contributed by atoms with Crippen molar-refractivity contribution in [2.75, 3.05) is 18.8 Å². The SMILES string of the molecule is O=C(O)C1CCCCN1CCS(=O)(=O)c1ccc(Cl)cc1. The summed E-state index contributed by atoms with van der Waals surface area (Å²) in [5.41, 5.74) is 0. The van der Waals surface area contributed by atoms with Gasteiger partial charge in [0, 0.05) is 11.6 Å². The number of benzene rings is 1. The van der Waals surface area contributed by atoms with Crippen molar-refractivity contribution in [3.8, 4) is 0 Å². The van der Waals surface area contributed by atoms with Crippen molar-refractivity contribution in [1.29, 1.82) is 0 Å². The highest BCUT2D eigenvalue weighted by molar-refractivity contribution is 7.91. The maximum atomic E-state index is 12.2. The van der Waals surface area contributed by atoms with Gasteiger partial charge < -0.3 is 5.11 Å². The Balaban J connectivity index is 2.03. The van der Waals surface area contributed by atoms with Crippen LogP contribution in [0.2, 0.25) is 5.02 Å². The maximum Gasteiger partial charge on any atom is 0.320 e. The van der Waals surface area contributed by atoms with Crippen molar-refractivity contribution in [3.63, 3.8) is 0 Å². The average Bonchev–Trinajstić information content (AvgIpc) is 2.46. The van der Waals surface area contributed by atoms with Gasteiger partial charge in [-0.05, 0) is 43.7 Å². The molecule has 1 saturated heterocycles. The Hall–Kier alpha value is -1.11. The molecule has 1 aromatic carbocycles. The number of nitrogens with zero attached hydrogens (tertiary/aromatic N) is 1. The van der Waals surface area contributed by atoms with Crippen molar-refractivity contribution < 1.29 is 18.3 Å². The third-order valence-electron chi connectivity index (χ3n) is 3.72. The van der Waals surface area contributed by atoms with Gasteiger partial charge in [0.25, 0.3) is 0 Å². The molecule has 0 aliphatic carbocycles. The fourth-order valence-corrected chi connectivity index (χ4v) is 3.92. The molecule has 21 heavy (non-hydrogen) atoms. The van der Waals surface area contributed by atoms with E-state index in [2.05, 4.69) is 0 Å². The number of hydrogen-bond acceptors (Lipinski definition) is 4. The van der Waals surface area contributed by atoms with E-state index in [9.17, 15) is 18.3 Å². The molecular weight excluding hydrogens is 314 g/mol. The molecule has 2 rings (SSSR count). The normalized spacial score (nSPS) is 20.3. The monoisotopic (exact) mass is 331 g/mol. The second-order valence-electron chi connectivity index (χ2n) is 5.16. The summed E-state index contributed by atoms with van der Waals surface area (Å²) in [6.45, 7) is 0.870. The van der Waals surface area contributed by atoms with Gasteiger partial charge in [-0.25, -0.2) is 8.42 Å². The lowest BCUT2D eigenvalue weighted by Gasteiger charge is -2.32. The molecule has 1 aliphatic rings. The Bertz CT molecular complexity index is 600. The number of carbonyl (C=O) groups is 1. The van der Waals surface area contributed by atoms with E-state index in [1.165, 1.54) is 24.3 Å². The first kappa shape index (κ1) is 16.3. The van der Waals surface area contributed by atoms with E-state index < -0.39 is 21.8 Å². The van der Waals surface area contributed by atoms with E-state index in [1.807, 2.05) is 0 Å². The molecule has 1 aromatic rings. The van der Waals surface area contributed by atoms with Crippen LogP contribution in [0.15, 0.2) is 29.2 Å². The molecule has 0 bridgehead atoms. The second kappa shape index (κ2) is 6.77. The molecule has 1 unspecified atom stereocenters. The first-order valence-electron chi connectivity index (χ1n) is 6.85. The van der Waals surface area contributed by atoms with Crippen molar-refractivity contribution in [1.82, 2.24) is 4.90 Å². The minimum Gasteiger partial charge on any atom is -0.480 e. The summed E-state index contributed by atoms with van der Waals surface area (Å²) in [6, 6.07) is 5.45.